The molecule has 0 aromatic heterocycles. The summed E-state index contributed by atoms with van der Waals surface area (Å²) >= 11 is 0. The molecule has 0 unspecified atom stereocenters. The minimum absolute atomic E-state index is 0.368. The van der Waals surface area contributed by atoms with Gasteiger partial charge in [0.15, 0.2) is 0 Å². The number of rotatable bonds is 3. The molecule has 0 saturated carbocycles. The highest BCUT2D eigenvalue weighted by atomic mass is 32.3. The lowest BCUT2D eigenvalue weighted by atomic mass is 10.4. The predicted molar refractivity (Wildman–Crippen MR) is 49.7 cm³/mol. The molecule has 0 aromatic rings. The van der Waals surface area contributed by atoms with Crippen LogP contribution in [-0.4, -0.2) is 55.2 Å². The first-order valence-corrected chi connectivity index (χ1v) is 5.10. The second kappa shape index (κ2) is 6.27. The van der Waals surface area contributed by atoms with Crippen LogP contribution in [-0.2, 0) is 14.6 Å². The number of nitrogens with zero attached hydrogens (tertiary/aromatic N) is 1. The van der Waals surface area contributed by atoms with Gasteiger partial charge in [0.2, 0.25) is 0 Å². The van der Waals surface area contributed by atoms with Gasteiger partial charge in [-0.1, -0.05) is 6.92 Å². The number of aliphatic hydroxyl groups is 2. The standard InChI is InChI=1S/C3H9N.C3H8O6S/c1-4(2)3;1-2-3(4,5)9-10(6,7)8/h1-3H3;4-5H,2H2,1H3,(H,6,7,8). The highest BCUT2D eigenvalue weighted by molar-refractivity contribution is 7.80. The Labute approximate surface area is 83.9 Å². The fraction of sp³-hybridized carbons (Fsp3) is 1.00. The molecule has 88 valence electrons. The van der Waals surface area contributed by atoms with Gasteiger partial charge in [-0.2, -0.15) is 12.6 Å². The molecule has 0 fully saturated rings. The molecule has 0 bridgehead atoms. The maximum atomic E-state index is 9.82. The summed E-state index contributed by atoms with van der Waals surface area (Å²) in [6, 6.07) is 0. The molecule has 14 heavy (non-hydrogen) atoms. The van der Waals surface area contributed by atoms with Gasteiger partial charge in [0.25, 0.3) is 5.97 Å². The smallest absolute Gasteiger partial charge is 0.343 e. The quantitative estimate of drug-likeness (QED) is 0.424. The summed E-state index contributed by atoms with van der Waals surface area (Å²) in [6.07, 6.45) is -0.368. The first kappa shape index (κ1) is 16.2. The fourth-order valence-corrected chi connectivity index (χ4v) is 0.683. The molecule has 0 aromatic carbocycles. The second-order valence-electron chi connectivity index (χ2n) is 2.95. The first-order chi connectivity index (χ1) is 6.00. The van der Waals surface area contributed by atoms with Gasteiger partial charge >= 0.3 is 10.4 Å². The van der Waals surface area contributed by atoms with E-state index < -0.39 is 16.4 Å². The zero-order valence-corrected chi connectivity index (χ0v) is 9.45. The van der Waals surface area contributed by atoms with Crippen molar-refractivity contribution in [2.45, 2.75) is 19.3 Å². The molecule has 0 heterocycles. The summed E-state index contributed by atoms with van der Waals surface area (Å²) in [5, 5.41) is 16.9. The monoisotopic (exact) mass is 231 g/mol. The van der Waals surface area contributed by atoms with Crippen LogP contribution in [0.5, 0.6) is 0 Å². The fourth-order valence-electron chi connectivity index (χ4n) is 0.228. The van der Waals surface area contributed by atoms with E-state index in [2.05, 4.69) is 4.18 Å². The lowest BCUT2D eigenvalue weighted by Crippen LogP contribution is -2.33. The third-order valence-electron chi connectivity index (χ3n) is 0.699. The van der Waals surface area contributed by atoms with Gasteiger partial charge in [-0.15, -0.1) is 0 Å². The average molecular weight is 231 g/mol. The maximum Gasteiger partial charge on any atom is 0.401 e. The molecule has 0 saturated heterocycles. The maximum absolute atomic E-state index is 9.82. The van der Waals surface area contributed by atoms with E-state index in [1.165, 1.54) is 6.92 Å². The summed E-state index contributed by atoms with van der Waals surface area (Å²) in [5.41, 5.74) is 0. The molecule has 0 atom stereocenters. The second-order valence-corrected chi connectivity index (χ2v) is 3.97. The van der Waals surface area contributed by atoms with E-state index in [0.717, 1.165) is 0 Å². The normalized spacial score (nSPS) is 12.3. The summed E-state index contributed by atoms with van der Waals surface area (Å²) in [7, 11) is 1.21. The van der Waals surface area contributed by atoms with Gasteiger partial charge in [0, 0.05) is 6.42 Å². The third kappa shape index (κ3) is 17.7. The van der Waals surface area contributed by atoms with Crippen molar-refractivity contribution in [1.82, 2.24) is 4.90 Å². The molecule has 0 aliphatic carbocycles. The van der Waals surface area contributed by atoms with Crippen molar-refractivity contribution < 1.29 is 27.4 Å². The van der Waals surface area contributed by atoms with Crippen LogP contribution in [0.1, 0.15) is 13.3 Å². The molecule has 0 aliphatic rings. The van der Waals surface area contributed by atoms with Crippen LogP contribution in [0, 0.1) is 0 Å². The van der Waals surface area contributed by atoms with E-state index >= 15 is 0 Å². The third-order valence-corrected chi connectivity index (χ3v) is 1.18. The summed E-state index contributed by atoms with van der Waals surface area (Å²) in [5.74, 6) is -2.81. The Morgan fingerprint density at radius 2 is 1.57 bits per heavy atom. The van der Waals surface area contributed by atoms with Crippen LogP contribution < -0.4 is 0 Å². The molecular weight excluding hydrogens is 214 g/mol. The van der Waals surface area contributed by atoms with Crippen LogP contribution >= 0.6 is 0 Å². The van der Waals surface area contributed by atoms with Crippen molar-refractivity contribution >= 4 is 10.4 Å². The summed E-state index contributed by atoms with van der Waals surface area (Å²) in [6.45, 7) is 1.27. The zero-order chi connectivity index (χ0) is 12.0. The molecule has 3 N–H and O–H groups in total. The van der Waals surface area contributed by atoms with Gasteiger partial charge in [0.05, 0.1) is 0 Å². The lowest BCUT2D eigenvalue weighted by molar-refractivity contribution is -0.293. The van der Waals surface area contributed by atoms with Gasteiger partial charge in [-0.05, 0) is 21.1 Å². The highest BCUT2D eigenvalue weighted by Crippen LogP contribution is 2.09. The van der Waals surface area contributed by atoms with Crippen LogP contribution in [0.3, 0.4) is 0 Å². The summed E-state index contributed by atoms with van der Waals surface area (Å²) in [4.78, 5) is 2.00. The van der Waals surface area contributed by atoms with Crippen molar-refractivity contribution in [2.24, 2.45) is 0 Å². The number of hydrogen-bond donors (Lipinski definition) is 3. The summed E-state index contributed by atoms with van der Waals surface area (Å²) < 4.78 is 31.0. The van der Waals surface area contributed by atoms with Crippen LogP contribution in [0.2, 0.25) is 0 Å². The molecule has 7 nitrogen and oxygen atoms in total. The van der Waals surface area contributed by atoms with E-state index in [1.807, 2.05) is 26.0 Å². The van der Waals surface area contributed by atoms with Gasteiger partial charge < -0.3 is 15.1 Å². The van der Waals surface area contributed by atoms with Crippen LogP contribution in [0.4, 0.5) is 0 Å². The largest absolute Gasteiger partial charge is 0.401 e. The van der Waals surface area contributed by atoms with Gasteiger partial charge in [-0.3, -0.25) is 4.55 Å². The van der Waals surface area contributed by atoms with Crippen molar-refractivity contribution in [1.29, 1.82) is 0 Å². The molecule has 8 heteroatoms. The van der Waals surface area contributed by atoms with Crippen molar-refractivity contribution in [3.05, 3.63) is 0 Å². The van der Waals surface area contributed by atoms with Crippen LogP contribution in [0.15, 0.2) is 0 Å². The molecule has 0 amide bonds. The minimum Gasteiger partial charge on any atom is -0.343 e. The Morgan fingerprint density at radius 1 is 1.29 bits per heavy atom. The van der Waals surface area contributed by atoms with Crippen molar-refractivity contribution in [3.8, 4) is 0 Å². The van der Waals surface area contributed by atoms with E-state index in [1.54, 1.807) is 0 Å². The molecular formula is C6H17NO6S. The minimum atomic E-state index is -4.79. The Kier molecular flexibility index (Phi) is 7.26. The van der Waals surface area contributed by atoms with Crippen molar-refractivity contribution in [2.75, 3.05) is 21.1 Å². The molecule has 0 radical (unpaired) electrons. The topological polar surface area (TPSA) is 107 Å². The van der Waals surface area contributed by atoms with E-state index in [0.29, 0.717) is 0 Å². The predicted octanol–water partition coefficient (Wildman–Crippen LogP) is -0.968. The van der Waals surface area contributed by atoms with E-state index in [9.17, 15) is 8.42 Å². The SMILES string of the molecule is CCC(O)(O)OS(=O)(=O)O.CN(C)C. The Hall–Kier alpha value is -0.250. The van der Waals surface area contributed by atoms with Gasteiger partial charge in [0.1, 0.15) is 0 Å². The molecule has 0 aliphatic heterocycles. The molecule has 0 rings (SSSR count). The Morgan fingerprint density at radius 3 is 1.64 bits per heavy atom. The Bertz CT molecular complexity index is 232. The first-order valence-electron chi connectivity index (χ1n) is 3.74. The van der Waals surface area contributed by atoms with E-state index in [4.69, 9.17) is 14.8 Å². The molecule has 0 spiro atoms. The van der Waals surface area contributed by atoms with E-state index in [-0.39, 0.29) is 6.42 Å². The highest BCUT2D eigenvalue weighted by Gasteiger charge is 2.27. The lowest BCUT2D eigenvalue weighted by Gasteiger charge is -2.15. The van der Waals surface area contributed by atoms with Crippen molar-refractivity contribution in [3.63, 3.8) is 0 Å². The Balaban J connectivity index is 0. The van der Waals surface area contributed by atoms with Gasteiger partial charge in [-0.25, -0.2) is 0 Å². The number of hydrogen-bond acceptors (Lipinski definition) is 6. The average Bonchev–Trinajstić information content (AvgIpc) is 1.80. The van der Waals surface area contributed by atoms with Crippen LogP contribution in [0.25, 0.3) is 0 Å². The zero-order valence-electron chi connectivity index (χ0n) is 8.63.